The highest BCUT2D eigenvalue weighted by Crippen LogP contribution is 2.34. The SMILES string of the molecule is CCN(CC)c1nc2nc(SCC(=O)Nc3ccc4c(c3)OCO4)n(C(C)C)c(=O)c2s1. The van der Waals surface area contributed by atoms with E-state index >= 15 is 0 Å². The highest BCUT2D eigenvalue weighted by Gasteiger charge is 2.20. The van der Waals surface area contributed by atoms with Gasteiger partial charge in [0.05, 0.1) is 5.75 Å². The van der Waals surface area contributed by atoms with Gasteiger partial charge in [-0.2, -0.15) is 4.98 Å². The predicted molar refractivity (Wildman–Crippen MR) is 128 cm³/mol. The normalized spacial score (nSPS) is 12.5. The zero-order valence-electron chi connectivity index (χ0n) is 18.4. The van der Waals surface area contributed by atoms with E-state index in [1.54, 1.807) is 22.8 Å². The number of carbonyl (C=O) groups excluding carboxylic acids is 1. The van der Waals surface area contributed by atoms with Crippen LogP contribution in [0.1, 0.15) is 33.7 Å². The van der Waals surface area contributed by atoms with Crippen LogP contribution >= 0.6 is 23.1 Å². The van der Waals surface area contributed by atoms with Crippen LogP contribution in [0, 0.1) is 0 Å². The quantitative estimate of drug-likeness (QED) is 0.389. The molecule has 0 atom stereocenters. The lowest BCUT2D eigenvalue weighted by atomic mass is 10.3. The molecule has 0 unspecified atom stereocenters. The number of thiazole rings is 1. The van der Waals surface area contributed by atoms with E-state index in [1.165, 1.54) is 23.1 Å². The summed E-state index contributed by atoms with van der Waals surface area (Å²) in [6.45, 7) is 9.74. The van der Waals surface area contributed by atoms with Crippen LogP contribution < -0.4 is 25.2 Å². The zero-order chi connectivity index (χ0) is 22.8. The lowest BCUT2D eigenvalue weighted by molar-refractivity contribution is -0.113. The van der Waals surface area contributed by atoms with Gasteiger partial charge in [-0.1, -0.05) is 23.1 Å². The summed E-state index contributed by atoms with van der Waals surface area (Å²) in [5.41, 5.74) is 0.921. The lowest BCUT2D eigenvalue weighted by Crippen LogP contribution is -2.25. The molecule has 0 fully saturated rings. The summed E-state index contributed by atoms with van der Waals surface area (Å²) < 4.78 is 12.8. The predicted octanol–water partition coefficient (Wildman–Crippen LogP) is 3.74. The molecule has 32 heavy (non-hydrogen) atoms. The molecule has 3 heterocycles. The minimum Gasteiger partial charge on any atom is -0.454 e. The van der Waals surface area contributed by atoms with Crippen molar-refractivity contribution in [1.82, 2.24) is 14.5 Å². The summed E-state index contributed by atoms with van der Waals surface area (Å²) in [5, 5.41) is 4.11. The second-order valence-electron chi connectivity index (χ2n) is 7.39. The number of rotatable bonds is 8. The topological polar surface area (TPSA) is 98.6 Å². The van der Waals surface area contributed by atoms with E-state index in [0.29, 0.717) is 32.7 Å². The molecule has 0 radical (unpaired) electrons. The van der Waals surface area contributed by atoms with Gasteiger partial charge in [-0.25, -0.2) is 4.98 Å². The van der Waals surface area contributed by atoms with E-state index in [4.69, 9.17) is 9.47 Å². The molecule has 2 aromatic heterocycles. The second-order valence-corrected chi connectivity index (χ2v) is 9.31. The molecule has 0 saturated carbocycles. The van der Waals surface area contributed by atoms with Crippen LogP contribution in [-0.2, 0) is 4.79 Å². The first-order valence-corrected chi connectivity index (χ1v) is 12.2. The maximum atomic E-state index is 13.2. The third kappa shape index (κ3) is 4.40. The van der Waals surface area contributed by atoms with Crippen molar-refractivity contribution in [3.05, 3.63) is 28.6 Å². The fourth-order valence-corrected chi connectivity index (χ4v) is 5.33. The minimum atomic E-state index is -0.208. The molecule has 3 aromatic rings. The molecule has 0 spiro atoms. The Bertz CT molecular complexity index is 1200. The number of fused-ring (bicyclic) bond motifs is 2. The molecule has 1 amide bonds. The lowest BCUT2D eigenvalue weighted by Gasteiger charge is -2.15. The molecule has 0 aliphatic carbocycles. The van der Waals surface area contributed by atoms with Crippen LogP contribution in [0.4, 0.5) is 10.8 Å². The monoisotopic (exact) mass is 475 g/mol. The van der Waals surface area contributed by atoms with Gasteiger partial charge in [0.2, 0.25) is 12.7 Å². The number of anilines is 2. The molecular formula is C21H25N5O4S2. The molecule has 0 saturated heterocycles. The van der Waals surface area contributed by atoms with Gasteiger partial charge in [0.25, 0.3) is 5.56 Å². The van der Waals surface area contributed by atoms with E-state index in [0.717, 1.165) is 18.2 Å². The van der Waals surface area contributed by atoms with Crippen molar-refractivity contribution in [3.8, 4) is 11.5 Å². The molecular weight excluding hydrogens is 450 g/mol. The van der Waals surface area contributed by atoms with Crippen molar-refractivity contribution in [3.63, 3.8) is 0 Å². The summed E-state index contributed by atoms with van der Waals surface area (Å²) in [4.78, 5) is 37.0. The van der Waals surface area contributed by atoms with E-state index in [-0.39, 0.29) is 30.1 Å². The first-order chi connectivity index (χ1) is 15.4. The smallest absolute Gasteiger partial charge is 0.274 e. The van der Waals surface area contributed by atoms with Crippen LogP contribution in [0.5, 0.6) is 11.5 Å². The Labute approximate surface area is 193 Å². The van der Waals surface area contributed by atoms with Crippen LogP contribution in [-0.4, -0.2) is 46.1 Å². The molecule has 1 N–H and O–H groups in total. The van der Waals surface area contributed by atoms with Crippen molar-refractivity contribution < 1.29 is 14.3 Å². The van der Waals surface area contributed by atoms with Crippen molar-refractivity contribution in [2.75, 3.05) is 35.9 Å². The minimum absolute atomic E-state index is 0.0992. The number of hydrogen-bond donors (Lipinski definition) is 1. The number of aromatic nitrogens is 3. The fraction of sp³-hybridized carbons (Fsp3) is 0.429. The summed E-state index contributed by atoms with van der Waals surface area (Å²) in [7, 11) is 0. The van der Waals surface area contributed by atoms with Crippen LogP contribution in [0.15, 0.2) is 28.2 Å². The van der Waals surface area contributed by atoms with Gasteiger partial charge in [-0.05, 0) is 39.8 Å². The molecule has 1 aliphatic heterocycles. The molecule has 9 nitrogen and oxygen atoms in total. The number of benzene rings is 1. The van der Waals surface area contributed by atoms with Gasteiger partial charge in [-0.3, -0.25) is 14.2 Å². The Hall–Kier alpha value is -2.79. The van der Waals surface area contributed by atoms with Gasteiger partial charge in [-0.15, -0.1) is 0 Å². The second kappa shape index (κ2) is 9.37. The molecule has 0 bridgehead atoms. The highest BCUT2D eigenvalue weighted by atomic mass is 32.2. The summed E-state index contributed by atoms with van der Waals surface area (Å²) in [6, 6.07) is 5.14. The molecule has 170 valence electrons. The van der Waals surface area contributed by atoms with Crippen LogP contribution in [0.3, 0.4) is 0 Å². The largest absolute Gasteiger partial charge is 0.454 e. The summed E-state index contributed by atoms with van der Waals surface area (Å²) in [6.07, 6.45) is 0. The molecule has 1 aliphatic rings. The van der Waals surface area contributed by atoms with E-state index in [1.807, 2.05) is 13.8 Å². The first-order valence-electron chi connectivity index (χ1n) is 10.4. The van der Waals surface area contributed by atoms with Gasteiger partial charge in [0, 0.05) is 30.9 Å². The van der Waals surface area contributed by atoms with Gasteiger partial charge in [0.15, 0.2) is 27.4 Å². The Morgan fingerprint density at radius 2 is 2.00 bits per heavy atom. The summed E-state index contributed by atoms with van der Waals surface area (Å²) >= 11 is 2.59. The van der Waals surface area contributed by atoms with E-state index in [9.17, 15) is 9.59 Å². The van der Waals surface area contributed by atoms with E-state index in [2.05, 4.69) is 34.0 Å². The first kappa shape index (κ1) is 22.4. The van der Waals surface area contributed by atoms with Crippen molar-refractivity contribution in [1.29, 1.82) is 0 Å². The van der Waals surface area contributed by atoms with Crippen molar-refractivity contribution in [2.45, 2.75) is 38.9 Å². The zero-order valence-corrected chi connectivity index (χ0v) is 20.0. The fourth-order valence-electron chi connectivity index (χ4n) is 3.34. The maximum absolute atomic E-state index is 13.2. The number of thioether (sulfide) groups is 1. The number of carbonyl (C=O) groups is 1. The molecule has 4 rings (SSSR count). The van der Waals surface area contributed by atoms with Crippen LogP contribution in [0.2, 0.25) is 0 Å². The number of nitrogens with zero attached hydrogens (tertiary/aromatic N) is 4. The maximum Gasteiger partial charge on any atom is 0.274 e. The summed E-state index contributed by atoms with van der Waals surface area (Å²) in [5.74, 6) is 1.15. The number of amides is 1. The third-order valence-electron chi connectivity index (χ3n) is 4.96. The van der Waals surface area contributed by atoms with Crippen LogP contribution in [0.25, 0.3) is 10.3 Å². The van der Waals surface area contributed by atoms with Gasteiger partial charge in [0.1, 0.15) is 4.70 Å². The Morgan fingerprint density at radius 1 is 1.25 bits per heavy atom. The highest BCUT2D eigenvalue weighted by molar-refractivity contribution is 7.99. The number of nitrogens with one attached hydrogen (secondary N) is 1. The Kier molecular flexibility index (Phi) is 6.56. The molecule has 1 aromatic carbocycles. The Balaban J connectivity index is 1.55. The number of hydrogen-bond acceptors (Lipinski definition) is 9. The van der Waals surface area contributed by atoms with E-state index < -0.39 is 0 Å². The van der Waals surface area contributed by atoms with Crippen molar-refractivity contribution >= 4 is 50.2 Å². The number of ether oxygens (including phenoxy) is 2. The third-order valence-corrected chi connectivity index (χ3v) is 7.00. The standard InChI is InChI=1S/C21H25N5O4S2/c1-5-25(6-2)20-23-18-17(32-20)19(28)26(12(3)4)21(24-18)31-10-16(27)22-13-7-8-14-15(9-13)30-11-29-14/h7-9,12H,5-6,10-11H2,1-4H3,(H,22,27). The van der Waals surface area contributed by atoms with Gasteiger partial charge < -0.3 is 19.7 Å². The van der Waals surface area contributed by atoms with Gasteiger partial charge >= 0.3 is 0 Å². The average molecular weight is 476 g/mol. The molecule has 11 heteroatoms. The van der Waals surface area contributed by atoms with Crippen molar-refractivity contribution in [2.24, 2.45) is 0 Å². The Morgan fingerprint density at radius 3 is 2.72 bits per heavy atom. The average Bonchev–Trinajstić information content (AvgIpc) is 3.39.